The number of carboxylic acids is 1. The van der Waals surface area contributed by atoms with Gasteiger partial charge in [0.1, 0.15) is 11.3 Å². The number of anilines is 1. The lowest BCUT2D eigenvalue weighted by Gasteiger charge is -2.31. The zero-order valence-electron chi connectivity index (χ0n) is 10.1. The molecule has 1 atom stereocenters. The average molecular weight is 260 g/mol. The molecule has 1 aliphatic rings. The molecule has 0 aromatic carbocycles. The van der Waals surface area contributed by atoms with E-state index < -0.39 is 12.1 Å². The number of nitrogens with zero attached hydrogens (tertiary/aromatic N) is 4. The first-order valence-electron chi connectivity index (χ1n) is 5.91. The molecule has 0 saturated carbocycles. The topological polar surface area (TPSA) is 88.4 Å². The SMILES string of the molecule is O=C(O)C1CN(c2ccc3nccnc3n2)CCO1. The van der Waals surface area contributed by atoms with Crippen LogP contribution in [0.2, 0.25) is 0 Å². The Hall–Kier alpha value is -2.28. The summed E-state index contributed by atoms with van der Waals surface area (Å²) in [6.45, 7) is 1.27. The Labute approximate surface area is 108 Å². The summed E-state index contributed by atoms with van der Waals surface area (Å²) in [7, 11) is 0. The van der Waals surface area contributed by atoms with E-state index in [0.717, 1.165) is 0 Å². The maximum atomic E-state index is 10.9. The van der Waals surface area contributed by atoms with Crippen molar-refractivity contribution < 1.29 is 14.6 Å². The monoisotopic (exact) mass is 260 g/mol. The van der Waals surface area contributed by atoms with Crippen molar-refractivity contribution in [3.63, 3.8) is 0 Å². The minimum absolute atomic E-state index is 0.286. The summed E-state index contributed by atoms with van der Waals surface area (Å²) in [5.74, 6) is -0.257. The van der Waals surface area contributed by atoms with Gasteiger partial charge in [-0.25, -0.2) is 14.8 Å². The van der Waals surface area contributed by atoms with Crippen LogP contribution in [0.1, 0.15) is 0 Å². The van der Waals surface area contributed by atoms with E-state index in [1.165, 1.54) is 0 Å². The molecule has 1 aliphatic heterocycles. The van der Waals surface area contributed by atoms with Gasteiger partial charge < -0.3 is 14.7 Å². The van der Waals surface area contributed by atoms with Gasteiger partial charge in [-0.15, -0.1) is 0 Å². The highest BCUT2D eigenvalue weighted by atomic mass is 16.5. The number of ether oxygens (including phenoxy) is 1. The van der Waals surface area contributed by atoms with Crippen LogP contribution in [0.4, 0.5) is 5.82 Å². The first-order valence-corrected chi connectivity index (χ1v) is 5.91. The highest BCUT2D eigenvalue weighted by Crippen LogP contribution is 2.17. The van der Waals surface area contributed by atoms with E-state index in [9.17, 15) is 4.79 Å². The van der Waals surface area contributed by atoms with Gasteiger partial charge in [0.2, 0.25) is 0 Å². The molecule has 2 aromatic rings. The van der Waals surface area contributed by atoms with E-state index in [1.807, 2.05) is 17.0 Å². The van der Waals surface area contributed by atoms with Gasteiger partial charge in [-0.1, -0.05) is 0 Å². The number of morpholine rings is 1. The van der Waals surface area contributed by atoms with Crippen molar-refractivity contribution >= 4 is 23.0 Å². The zero-order chi connectivity index (χ0) is 13.2. The predicted octanol–water partition coefficient (Wildman–Crippen LogP) is 0.315. The van der Waals surface area contributed by atoms with Crippen LogP contribution < -0.4 is 4.90 Å². The lowest BCUT2D eigenvalue weighted by atomic mass is 10.2. The molecule has 0 radical (unpaired) electrons. The lowest BCUT2D eigenvalue weighted by Crippen LogP contribution is -2.46. The normalized spacial score (nSPS) is 19.6. The summed E-state index contributed by atoms with van der Waals surface area (Å²) in [6.07, 6.45) is 2.38. The van der Waals surface area contributed by atoms with E-state index in [2.05, 4.69) is 15.0 Å². The minimum atomic E-state index is -0.953. The number of hydrogen-bond donors (Lipinski definition) is 1. The Balaban J connectivity index is 1.89. The smallest absolute Gasteiger partial charge is 0.334 e. The van der Waals surface area contributed by atoms with Crippen molar-refractivity contribution in [2.24, 2.45) is 0 Å². The Morgan fingerprint density at radius 2 is 2.21 bits per heavy atom. The van der Waals surface area contributed by atoms with E-state index in [4.69, 9.17) is 9.84 Å². The predicted molar refractivity (Wildman–Crippen MR) is 66.9 cm³/mol. The third kappa shape index (κ3) is 2.32. The van der Waals surface area contributed by atoms with E-state index >= 15 is 0 Å². The molecule has 1 unspecified atom stereocenters. The molecular formula is C12H12N4O3. The van der Waals surface area contributed by atoms with E-state index in [1.54, 1.807) is 12.4 Å². The maximum Gasteiger partial charge on any atom is 0.334 e. The maximum absolute atomic E-state index is 10.9. The zero-order valence-corrected chi connectivity index (χ0v) is 10.1. The summed E-state index contributed by atoms with van der Waals surface area (Å²) in [4.78, 5) is 25.5. The molecule has 0 bridgehead atoms. The Bertz CT molecular complexity index is 619. The van der Waals surface area contributed by atoms with Crippen molar-refractivity contribution in [3.8, 4) is 0 Å². The van der Waals surface area contributed by atoms with Crippen molar-refractivity contribution in [3.05, 3.63) is 24.5 Å². The summed E-state index contributed by atoms with van der Waals surface area (Å²) >= 11 is 0. The molecule has 0 aliphatic carbocycles. The van der Waals surface area contributed by atoms with Gasteiger partial charge in [0.05, 0.1) is 13.2 Å². The highest BCUT2D eigenvalue weighted by Gasteiger charge is 2.27. The van der Waals surface area contributed by atoms with Gasteiger partial charge >= 0.3 is 5.97 Å². The van der Waals surface area contributed by atoms with Crippen LogP contribution in [0.15, 0.2) is 24.5 Å². The van der Waals surface area contributed by atoms with Crippen LogP contribution >= 0.6 is 0 Å². The van der Waals surface area contributed by atoms with Crippen LogP contribution in [-0.2, 0) is 9.53 Å². The van der Waals surface area contributed by atoms with Crippen molar-refractivity contribution in [1.29, 1.82) is 0 Å². The fourth-order valence-corrected chi connectivity index (χ4v) is 2.03. The number of carboxylic acid groups (broad SMARTS) is 1. The fourth-order valence-electron chi connectivity index (χ4n) is 2.03. The van der Waals surface area contributed by atoms with Gasteiger partial charge in [-0.3, -0.25) is 4.98 Å². The Morgan fingerprint density at radius 3 is 3.05 bits per heavy atom. The molecule has 3 rings (SSSR count). The second-order valence-corrected chi connectivity index (χ2v) is 4.21. The van der Waals surface area contributed by atoms with Gasteiger partial charge in [-0.05, 0) is 12.1 Å². The number of fused-ring (bicyclic) bond motifs is 1. The summed E-state index contributed by atoms with van der Waals surface area (Å²) < 4.78 is 5.18. The van der Waals surface area contributed by atoms with E-state index in [0.29, 0.717) is 30.1 Å². The van der Waals surface area contributed by atoms with Gasteiger partial charge in [0.25, 0.3) is 0 Å². The number of aromatic nitrogens is 3. The number of aliphatic carboxylic acids is 1. The standard InChI is InChI=1S/C12H12N4O3/c17-12(18)9-7-16(5-6-19-9)10-2-1-8-11(15-10)14-4-3-13-8/h1-4,9H,5-7H2,(H,17,18). The molecule has 1 N–H and O–H groups in total. The third-order valence-corrected chi connectivity index (χ3v) is 2.98. The minimum Gasteiger partial charge on any atom is -0.479 e. The lowest BCUT2D eigenvalue weighted by molar-refractivity contribution is -0.150. The van der Waals surface area contributed by atoms with Crippen LogP contribution in [-0.4, -0.2) is 51.8 Å². The average Bonchev–Trinajstić information content (AvgIpc) is 2.47. The van der Waals surface area contributed by atoms with Crippen LogP contribution in [0, 0.1) is 0 Å². The molecule has 7 nitrogen and oxygen atoms in total. The molecule has 7 heteroatoms. The molecule has 2 aromatic heterocycles. The molecule has 3 heterocycles. The number of pyridine rings is 1. The molecule has 98 valence electrons. The Kier molecular flexibility index (Phi) is 2.96. The fraction of sp³-hybridized carbons (Fsp3) is 0.333. The Morgan fingerprint density at radius 1 is 1.37 bits per heavy atom. The summed E-state index contributed by atoms with van der Waals surface area (Å²) in [5, 5.41) is 8.98. The first kappa shape index (κ1) is 11.8. The van der Waals surface area contributed by atoms with Crippen molar-refractivity contribution in [1.82, 2.24) is 15.0 Å². The molecule has 1 fully saturated rings. The molecule has 0 spiro atoms. The van der Waals surface area contributed by atoms with Crippen molar-refractivity contribution in [2.75, 3.05) is 24.6 Å². The second kappa shape index (κ2) is 4.77. The van der Waals surface area contributed by atoms with Gasteiger partial charge in [0, 0.05) is 18.9 Å². The van der Waals surface area contributed by atoms with E-state index in [-0.39, 0.29) is 6.54 Å². The third-order valence-electron chi connectivity index (χ3n) is 2.98. The van der Waals surface area contributed by atoms with Crippen LogP contribution in [0.25, 0.3) is 11.2 Å². The van der Waals surface area contributed by atoms with Gasteiger partial charge in [0.15, 0.2) is 11.8 Å². The summed E-state index contributed by atoms with van der Waals surface area (Å²) in [6, 6.07) is 3.65. The second-order valence-electron chi connectivity index (χ2n) is 4.21. The quantitative estimate of drug-likeness (QED) is 0.831. The number of rotatable bonds is 2. The molecular weight excluding hydrogens is 248 g/mol. The first-order chi connectivity index (χ1) is 9.24. The van der Waals surface area contributed by atoms with Crippen LogP contribution in [0.3, 0.4) is 0 Å². The number of hydrogen-bond acceptors (Lipinski definition) is 6. The largest absolute Gasteiger partial charge is 0.479 e. The molecule has 19 heavy (non-hydrogen) atoms. The number of carbonyl (C=O) groups is 1. The summed E-state index contributed by atoms with van der Waals surface area (Å²) in [5.41, 5.74) is 1.27. The molecule has 1 saturated heterocycles. The van der Waals surface area contributed by atoms with Gasteiger partial charge in [-0.2, -0.15) is 0 Å². The van der Waals surface area contributed by atoms with Crippen molar-refractivity contribution in [2.45, 2.75) is 6.10 Å². The molecule has 0 amide bonds. The van der Waals surface area contributed by atoms with Crippen LogP contribution in [0.5, 0.6) is 0 Å². The highest BCUT2D eigenvalue weighted by molar-refractivity contribution is 5.74.